The number of amides is 1. The van der Waals surface area contributed by atoms with Crippen LogP contribution in [0.25, 0.3) is 10.2 Å². The highest BCUT2D eigenvalue weighted by atomic mass is 32.1. The number of rotatable bonds is 3. The maximum atomic E-state index is 12.5. The summed E-state index contributed by atoms with van der Waals surface area (Å²) >= 11 is 1.65. The summed E-state index contributed by atoms with van der Waals surface area (Å²) in [6.45, 7) is 1.98. The van der Waals surface area contributed by atoms with Crippen LogP contribution < -0.4 is 5.32 Å². The molecule has 3 aromatic rings. The highest BCUT2D eigenvalue weighted by molar-refractivity contribution is 7.18. The molecule has 1 fully saturated rings. The van der Waals surface area contributed by atoms with E-state index in [1.54, 1.807) is 11.3 Å². The van der Waals surface area contributed by atoms with Crippen LogP contribution in [0, 0.1) is 6.92 Å². The molecule has 1 saturated carbocycles. The lowest BCUT2D eigenvalue weighted by Gasteiger charge is -2.22. The van der Waals surface area contributed by atoms with Crippen LogP contribution in [0.3, 0.4) is 0 Å². The number of thiazole rings is 1. The number of nitrogens with zero attached hydrogens (tertiary/aromatic N) is 1. The molecule has 2 aromatic carbocycles. The molecule has 4 rings (SSSR count). The van der Waals surface area contributed by atoms with Crippen LogP contribution in [0.4, 0.5) is 5.69 Å². The van der Waals surface area contributed by atoms with Crippen LogP contribution in [0.2, 0.25) is 0 Å². The SMILES string of the molecule is Cc1nc2cc(C(=O)Nc3ccc(C4CCCCC4)cc3)ccc2s1. The Balaban J connectivity index is 1.47. The van der Waals surface area contributed by atoms with Gasteiger partial charge in [-0.1, -0.05) is 31.4 Å². The second-order valence-corrected chi connectivity index (χ2v) is 8.06. The summed E-state index contributed by atoms with van der Waals surface area (Å²) < 4.78 is 1.12. The number of fused-ring (bicyclic) bond motifs is 1. The van der Waals surface area contributed by atoms with Gasteiger partial charge >= 0.3 is 0 Å². The molecule has 1 aliphatic rings. The zero-order valence-electron chi connectivity index (χ0n) is 14.4. The molecule has 0 aliphatic heterocycles. The fourth-order valence-electron chi connectivity index (χ4n) is 3.66. The lowest BCUT2D eigenvalue weighted by atomic mass is 9.84. The largest absolute Gasteiger partial charge is 0.322 e. The summed E-state index contributed by atoms with van der Waals surface area (Å²) in [4.78, 5) is 17.0. The van der Waals surface area contributed by atoms with Crippen molar-refractivity contribution in [2.24, 2.45) is 0 Å². The number of aryl methyl sites for hydroxylation is 1. The van der Waals surface area contributed by atoms with E-state index in [1.165, 1.54) is 37.7 Å². The Kier molecular flexibility index (Phi) is 4.53. The van der Waals surface area contributed by atoms with Gasteiger partial charge in [0.1, 0.15) is 0 Å². The number of aromatic nitrogens is 1. The first-order valence-corrected chi connectivity index (χ1v) is 9.79. The first kappa shape index (κ1) is 16.3. The Labute approximate surface area is 152 Å². The summed E-state index contributed by atoms with van der Waals surface area (Å²) in [5.41, 5.74) is 3.79. The van der Waals surface area contributed by atoms with Crippen LogP contribution in [0.15, 0.2) is 42.5 Å². The van der Waals surface area contributed by atoms with Crippen LogP contribution in [-0.2, 0) is 0 Å². The molecular formula is C21H22N2OS. The predicted octanol–water partition coefficient (Wildman–Crippen LogP) is 5.90. The van der Waals surface area contributed by atoms with E-state index in [-0.39, 0.29) is 5.91 Å². The molecule has 128 valence electrons. The molecule has 1 N–H and O–H groups in total. The quantitative estimate of drug-likeness (QED) is 0.638. The molecule has 1 heterocycles. The van der Waals surface area contributed by atoms with Crippen LogP contribution in [0.1, 0.15) is 59.0 Å². The first-order valence-electron chi connectivity index (χ1n) is 8.97. The van der Waals surface area contributed by atoms with Gasteiger partial charge in [-0.2, -0.15) is 0 Å². The maximum Gasteiger partial charge on any atom is 0.255 e. The molecule has 1 aliphatic carbocycles. The second-order valence-electron chi connectivity index (χ2n) is 6.83. The van der Waals surface area contributed by atoms with Gasteiger partial charge in [0.05, 0.1) is 15.2 Å². The summed E-state index contributed by atoms with van der Waals surface area (Å²) in [5, 5.41) is 4.02. The first-order chi connectivity index (χ1) is 12.2. The molecule has 0 saturated heterocycles. The van der Waals surface area contributed by atoms with Crippen LogP contribution in [0.5, 0.6) is 0 Å². The molecule has 0 radical (unpaired) electrons. The topological polar surface area (TPSA) is 42.0 Å². The van der Waals surface area contributed by atoms with Gasteiger partial charge in [0.15, 0.2) is 0 Å². The zero-order valence-corrected chi connectivity index (χ0v) is 15.2. The van der Waals surface area contributed by atoms with Crippen molar-refractivity contribution in [3.8, 4) is 0 Å². The van der Waals surface area contributed by atoms with Crippen LogP contribution >= 0.6 is 11.3 Å². The lowest BCUT2D eigenvalue weighted by Crippen LogP contribution is -2.12. The summed E-state index contributed by atoms with van der Waals surface area (Å²) in [6, 6.07) is 14.1. The summed E-state index contributed by atoms with van der Waals surface area (Å²) in [5.74, 6) is 0.604. The smallest absolute Gasteiger partial charge is 0.255 e. The Morgan fingerprint density at radius 2 is 1.84 bits per heavy atom. The third-order valence-corrected chi connectivity index (χ3v) is 5.95. The third kappa shape index (κ3) is 3.59. The van der Waals surface area contributed by atoms with Gasteiger partial charge < -0.3 is 5.32 Å². The van der Waals surface area contributed by atoms with Crippen molar-refractivity contribution in [3.63, 3.8) is 0 Å². The molecule has 0 bridgehead atoms. The van der Waals surface area contributed by atoms with Crippen molar-refractivity contribution < 1.29 is 4.79 Å². The average Bonchev–Trinajstić information content (AvgIpc) is 3.02. The molecule has 3 nitrogen and oxygen atoms in total. The maximum absolute atomic E-state index is 12.5. The predicted molar refractivity (Wildman–Crippen MR) is 105 cm³/mol. The summed E-state index contributed by atoms with van der Waals surface area (Å²) in [7, 11) is 0. The minimum absolute atomic E-state index is 0.0852. The van der Waals surface area contributed by atoms with Gasteiger partial charge in [0.25, 0.3) is 5.91 Å². The molecule has 25 heavy (non-hydrogen) atoms. The number of nitrogens with one attached hydrogen (secondary N) is 1. The van der Waals surface area contributed by atoms with E-state index in [4.69, 9.17) is 0 Å². The minimum atomic E-state index is -0.0852. The Hall–Kier alpha value is -2.20. The van der Waals surface area contributed by atoms with Crippen molar-refractivity contribution in [2.75, 3.05) is 5.32 Å². The van der Waals surface area contributed by atoms with E-state index < -0.39 is 0 Å². The van der Waals surface area contributed by atoms with Crippen molar-refractivity contribution >= 4 is 33.1 Å². The average molecular weight is 350 g/mol. The summed E-state index contributed by atoms with van der Waals surface area (Å²) in [6.07, 6.45) is 6.62. The lowest BCUT2D eigenvalue weighted by molar-refractivity contribution is 0.102. The molecular weight excluding hydrogens is 328 g/mol. The number of hydrogen-bond acceptors (Lipinski definition) is 3. The Bertz CT molecular complexity index is 892. The van der Waals surface area contributed by atoms with Gasteiger partial charge in [0, 0.05) is 11.3 Å². The molecule has 0 atom stereocenters. The number of carbonyl (C=O) groups excluding carboxylic acids is 1. The Morgan fingerprint density at radius 1 is 1.08 bits per heavy atom. The van der Waals surface area contributed by atoms with Crippen molar-refractivity contribution in [2.45, 2.75) is 44.9 Å². The second kappa shape index (κ2) is 6.96. The fourth-order valence-corrected chi connectivity index (χ4v) is 4.47. The fraction of sp³-hybridized carbons (Fsp3) is 0.333. The highest BCUT2D eigenvalue weighted by Crippen LogP contribution is 2.33. The standard InChI is InChI=1S/C21H22N2OS/c1-14-22-19-13-17(9-12-20(19)25-14)21(24)23-18-10-7-16(8-11-18)15-5-3-2-4-6-15/h7-13,15H,2-6H2,1H3,(H,23,24). The molecule has 0 unspecified atom stereocenters. The monoisotopic (exact) mass is 350 g/mol. The zero-order chi connectivity index (χ0) is 17.2. The van der Waals surface area contributed by atoms with Crippen LogP contribution in [-0.4, -0.2) is 10.9 Å². The van der Waals surface area contributed by atoms with Crippen molar-refractivity contribution in [3.05, 3.63) is 58.6 Å². The van der Waals surface area contributed by atoms with Gasteiger partial charge in [-0.15, -0.1) is 11.3 Å². The number of hydrogen-bond donors (Lipinski definition) is 1. The van der Waals surface area contributed by atoms with Gasteiger partial charge in [-0.3, -0.25) is 4.79 Å². The van der Waals surface area contributed by atoms with E-state index in [0.29, 0.717) is 11.5 Å². The van der Waals surface area contributed by atoms with Gasteiger partial charge in [-0.05, 0) is 61.6 Å². The minimum Gasteiger partial charge on any atom is -0.322 e. The van der Waals surface area contributed by atoms with E-state index in [1.807, 2.05) is 37.3 Å². The molecule has 0 spiro atoms. The Morgan fingerprint density at radius 3 is 2.60 bits per heavy atom. The van der Waals surface area contributed by atoms with Crippen molar-refractivity contribution in [1.29, 1.82) is 0 Å². The number of benzene rings is 2. The number of anilines is 1. The van der Waals surface area contributed by atoms with E-state index in [0.717, 1.165) is 20.9 Å². The number of carbonyl (C=O) groups is 1. The van der Waals surface area contributed by atoms with Crippen molar-refractivity contribution in [1.82, 2.24) is 4.98 Å². The van der Waals surface area contributed by atoms with Gasteiger partial charge in [0.2, 0.25) is 0 Å². The molecule has 4 heteroatoms. The van der Waals surface area contributed by atoms with Gasteiger partial charge in [-0.25, -0.2) is 4.98 Å². The molecule has 1 aromatic heterocycles. The molecule has 1 amide bonds. The normalized spacial score (nSPS) is 15.4. The van der Waals surface area contributed by atoms with E-state index in [9.17, 15) is 4.79 Å². The third-order valence-electron chi connectivity index (χ3n) is 5.00. The van der Waals surface area contributed by atoms with E-state index in [2.05, 4.69) is 22.4 Å². The van der Waals surface area contributed by atoms with E-state index >= 15 is 0 Å². The highest BCUT2D eigenvalue weighted by Gasteiger charge is 2.15.